The van der Waals surface area contributed by atoms with Crippen molar-refractivity contribution < 1.29 is 4.92 Å². The molecule has 5 nitrogen and oxygen atoms in total. The van der Waals surface area contributed by atoms with Crippen LogP contribution in [0.5, 0.6) is 0 Å². The van der Waals surface area contributed by atoms with E-state index in [0.717, 1.165) is 5.69 Å². The minimum Gasteiger partial charge on any atom is -0.258 e. The standard InChI is InChI=1S/C15H11N3O2/c19-18(20)15-9-5-4-8-13(15)14-10-11-17(16-14)12-6-2-1-3-7-12/h1-11H. The molecule has 2 aromatic carbocycles. The molecule has 3 aromatic rings. The largest absolute Gasteiger partial charge is 0.278 e. The third-order valence-electron chi connectivity index (χ3n) is 2.99. The van der Waals surface area contributed by atoms with Gasteiger partial charge < -0.3 is 0 Å². The number of benzene rings is 2. The highest BCUT2D eigenvalue weighted by atomic mass is 16.6. The fourth-order valence-electron chi connectivity index (χ4n) is 2.04. The Balaban J connectivity index is 2.05. The average molecular weight is 265 g/mol. The molecule has 0 aliphatic heterocycles. The van der Waals surface area contributed by atoms with Crippen molar-refractivity contribution in [1.29, 1.82) is 0 Å². The number of rotatable bonds is 3. The number of nitro benzene ring substituents is 1. The van der Waals surface area contributed by atoms with Gasteiger partial charge in [0.25, 0.3) is 5.69 Å². The molecule has 0 radical (unpaired) electrons. The van der Waals surface area contributed by atoms with Crippen LogP contribution in [0.1, 0.15) is 0 Å². The summed E-state index contributed by atoms with van der Waals surface area (Å²) in [5.41, 5.74) is 2.08. The van der Waals surface area contributed by atoms with Gasteiger partial charge in [-0.05, 0) is 24.3 Å². The summed E-state index contributed by atoms with van der Waals surface area (Å²) in [6.45, 7) is 0. The molecule has 5 heteroatoms. The van der Waals surface area contributed by atoms with E-state index in [9.17, 15) is 10.1 Å². The molecule has 0 aliphatic carbocycles. The number of nitro groups is 1. The van der Waals surface area contributed by atoms with Crippen molar-refractivity contribution in [2.45, 2.75) is 0 Å². The summed E-state index contributed by atoms with van der Waals surface area (Å²) < 4.78 is 1.70. The van der Waals surface area contributed by atoms with E-state index in [1.54, 1.807) is 35.1 Å². The van der Waals surface area contributed by atoms with Gasteiger partial charge in [0.1, 0.15) is 0 Å². The Hall–Kier alpha value is -2.95. The Morgan fingerprint density at radius 1 is 0.950 bits per heavy atom. The first kappa shape index (κ1) is 12.1. The lowest BCUT2D eigenvalue weighted by Crippen LogP contribution is -1.95. The molecular formula is C15H11N3O2. The van der Waals surface area contributed by atoms with Gasteiger partial charge in [-0.15, -0.1) is 0 Å². The van der Waals surface area contributed by atoms with Crippen LogP contribution in [0.3, 0.4) is 0 Å². The van der Waals surface area contributed by atoms with E-state index in [0.29, 0.717) is 11.3 Å². The van der Waals surface area contributed by atoms with Gasteiger partial charge in [-0.2, -0.15) is 5.10 Å². The predicted octanol–water partition coefficient (Wildman–Crippen LogP) is 3.45. The van der Waals surface area contributed by atoms with Gasteiger partial charge in [0.05, 0.1) is 21.9 Å². The van der Waals surface area contributed by atoms with Gasteiger partial charge in [0.15, 0.2) is 0 Å². The van der Waals surface area contributed by atoms with E-state index in [1.165, 1.54) is 6.07 Å². The second-order valence-corrected chi connectivity index (χ2v) is 4.26. The van der Waals surface area contributed by atoms with Crippen molar-refractivity contribution in [3.8, 4) is 16.9 Å². The third-order valence-corrected chi connectivity index (χ3v) is 2.99. The predicted molar refractivity (Wildman–Crippen MR) is 75.7 cm³/mol. The molecule has 0 fully saturated rings. The maximum atomic E-state index is 11.0. The van der Waals surface area contributed by atoms with Crippen LogP contribution in [0.2, 0.25) is 0 Å². The molecule has 0 bridgehead atoms. The molecule has 3 rings (SSSR count). The number of para-hydroxylation sites is 2. The Kier molecular flexibility index (Phi) is 3.01. The molecule has 0 saturated carbocycles. The van der Waals surface area contributed by atoms with Gasteiger partial charge in [0, 0.05) is 12.3 Å². The van der Waals surface area contributed by atoms with E-state index in [4.69, 9.17) is 0 Å². The summed E-state index contributed by atoms with van der Waals surface area (Å²) in [5, 5.41) is 15.4. The Bertz CT molecular complexity index is 751. The summed E-state index contributed by atoms with van der Waals surface area (Å²) in [4.78, 5) is 10.7. The second kappa shape index (κ2) is 4.97. The molecule has 20 heavy (non-hydrogen) atoms. The van der Waals surface area contributed by atoms with Gasteiger partial charge in [0.2, 0.25) is 0 Å². The van der Waals surface area contributed by atoms with E-state index in [1.807, 2.05) is 30.3 Å². The summed E-state index contributed by atoms with van der Waals surface area (Å²) >= 11 is 0. The zero-order chi connectivity index (χ0) is 13.9. The molecule has 0 N–H and O–H groups in total. The van der Waals surface area contributed by atoms with Crippen LogP contribution in [0.15, 0.2) is 66.9 Å². The summed E-state index contributed by atoms with van der Waals surface area (Å²) in [5.74, 6) is 0. The van der Waals surface area contributed by atoms with Gasteiger partial charge in [-0.25, -0.2) is 4.68 Å². The molecule has 1 heterocycles. The first-order chi connectivity index (χ1) is 9.75. The zero-order valence-electron chi connectivity index (χ0n) is 10.5. The fraction of sp³-hybridized carbons (Fsp3) is 0. The van der Waals surface area contributed by atoms with Crippen molar-refractivity contribution in [2.75, 3.05) is 0 Å². The molecule has 0 amide bonds. The zero-order valence-corrected chi connectivity index (χ0v) is 10.5. The molecule has 0 atom stereocenters. The van der Waals surface area contributed by atoms with E-state index in [2.05, 4.69) is 5.10 Å². The van der Waals surface area contributed by atoms with Crippen LogP contribution in [-0.4, -0.2) is 14.7 Å². The van der Waals surface area contributed by atoms with Crippen molar-refractivity contribution >= 4 is 5.69 Å². The van der Waals surface area contributed by atoms with Crippen molar-refractivity contribution in [2.24, 2.45) is 0 Å². The van der Waals surface area contributed by atoms with Crippen LogP contribution in [0.4, 0.5) is 5.69 Å². The topological polar surface area (TPSA) is 61.0 Å². The van der Waals surface area contributed by atoms with Crippen LogP contribution in [0.25, 0.3) is 16.9 Å². The normalized spacial score (nSPS) is 10.4. The van der Waals surface area contributed by atoms with Crippen molar-refractivity contribution in [1.82, 2.24) is 9.78 Å². The molecule has 1 aromatic heterocycles. The lowest BCUT2D eigenvalue weighted by atomic mass is 10.1. The molecule has 0 spiro atoms. The Morgan fingerprint density at radius 2 is 1.65 bits per heavy atom. The summed E-state index contributed by atoms with van der Waals surface area (Å²) in [6.07, 6.45) is 1.79. The van der Waals surface area contributed by atoms with Crippen molar-refractivity contribution in [3.63, 3.8) is 0 Å². The van der Waals surface area contributed by atoms with Crippen LogP contribution in [0, 0.1) is 10.1 Å². The van der Waals surface area contributed by atoms with Gasteiger partial charge in [-0.3, -0.25) is 10.1 Å². The van der Waals surface area contributed by atoms with E-state index >= 15 is 0 Å². The first-order valence-electron chi connectivity index (χ1n) is 6.10. The Labute approximate surface area is 115 Å². The smallest absolute Gasteiger partial charge is 0.258 e. The highest BCUT2D eigenvalue weighted by Crippen LogP contribution is 2.28. The van der Waals surface area contributed by atoms with E-state index < -0.39 is 4.92 Å². The van der Waals surface area contributed by atoms with E-state index in [-0.39, 0.29) is 5.69 Å². The number of aromatic nitrogens is 2. The minimum atomic E-state index is -0.392. The quantitative estimate of drug-likeness (QED) is 0.538. The molecule has 0 unspecified atom stereocenters. The number of nitrogens with zero attached hydrogens (tertiary/aromatic N) is 3. The molecule has 0 aliphatic rings. The average Bonchev–Trinajstić information content (AvgIpc) is 2.98. The highest BCUT2D eigenvalue weighted by molar-refractivity contribution is 5.70. The minimum absolute atomic E-state index is 0.0609. The maximum absolute atomic E-state index is 11.0. The second-order valence-electron chi connectivity index (χ2n) is 4.26. The number of hydrogen-bond acceptors (Lipinski definition) is 3. The van der Waals surface area contributed by atoms with Crippen molar-refractivity contribution in [3.05, 3.63) is 77.0 Å². The monoisotopic (exact) mass is 265 g/mol. The van der Waals surface area contributed by atoms with Crippen LogP contribution < -0.4 is 0 Å². The Morgan fingerprint density at radius 3 is 2.40 bits per heavy atom. The summed E-state index contributed by atoms with van der Waals surface area (Å²) in [6, 6.07) is 18.0. The van der Waals surface area contributed by atoms with Crippen LogP contribution in [-0.2, 0) is 0 Å². The SMILES string of the molecule is O=[N+]([O-])c1ccccc1-c1ccn(-c2ccccc2)n1. The molecule has 0 saturated heterocycles. The third kappa shape index (κ3) is 2.16. The number of hydrogen-bond donors (Lipinski definition) is 0. The van der Waals surface area contributed by atoms with Crippen LogP contribution >= 0.6 is 0 Å². The summed E-state index contributed by atoms with van der Waals surface area (Å²) in [7, 11) is 0. The lowest BCUT2D eigenvalue weighted by molar-refractivity contribution is -0.384. The van der Waals surface area contributed by atoms with Gasteiger partial charge >= 0.3 is 0 Å². The van der Waals surface area contributed by atoms with Gasteiger partial charge in [-0.1, -0.05) is 30.3 Å². The molecular weight excluding hydrogens is 254 g/mol. The molecule has 98 valence electrons. The maximum Gasteiger partial charge on any atom is 0.278 e. The fourth-order valence-corrected chi connectivity index (χ4v) is 2.04. The highest BCUT2D eigenvalue weighted by Gasteiger charge is 2.16. The lowest BCUT2D eigenvalue weighted by Gasteiger charge is -2.01. The first-order valence-corrected chi connectivity index (χ1v) is 6.10.